The number of hydrogen-bond donors (Lipinski definition) is 0. The molecule has 0 N–H and O–H groups in total. The molecule has 0 aliphatic rings. The van der Waals surface area contributed by atoms with Crippen molar-refractivity contribution < 1.29 is 17.9 Å². The molecule has 1 atom stereocenters. The number of esters is 1. The molecule has 1 unspecified atom stereocenters. The van der Waals surface area contributed by atoms with Crippen molar-refractivity contribution in [2.45, 2.75) is 25.0 Å². The van der Waals surface area contributed by atoms with Gasteiger partial charge >= 0.3 is 5.97 Å². The summed E-state index contributed by atoms with van der Waals surface area (Å²) in [7, 11) is -3.35. The summed E-state index contributed by atoms with van der Waals surface area (Å²) in [4.78, 5) is 11.3. The van der Waals surface area contributed by atoms with E-state index in [1.807, 2.05) is 0 Å². The van der Waals surface area contributed by atoms with E-state index in [4.69, 9.17) is 4.74 Å². The molecule has 0 spiro atoms. The predicted octanol–water partition coefficient (Wildman–Crippen LogP) is 1.14. The highest BCUT2D eigenvalue weighted by Crippen LogP contribution is 2.10. The first-order valence-corrected chi connectivity index (χ1v) is 7.42. The molecule has 6 heteroatoms. The third-order valence-electron chi connectivity index (χ3n) is 1.67. The first kappa shape index (κ1) is 13.9. The Labute approximate surface area is 93.1 Å². The maximum atomic E-state index is 11.3. The summed E-state index contributed by atoms with van der Waals surface area (Å²) in [6, 6.07) is 0. The lowest BCUT2D eigenvalue weighted by Crippen LogP contribution is -2.31. The van der Waals surface area contributed by atoms with Gasteiger partial charge in [-0.05, 0) is 19.8 Å². The second-order valence-corrected chi connectivity index (χ2v) is 5.92. The van der Waals surface area contributed by atoms with Crippen LogP contribution < -0.4 is 0 Å². The van der Waals surface area contributed by atoms with Gasteiger partial charge < -0.3 is 4.74 Å². The number of sulfone groups is 1. The van der Waals surface area contributed by atoms with Crippen molar-refractivity contribution in [3.05, 3.63) is 0 Å². The number of rotatable bonds is 6. The van der Waals surface area contributed by atoms with E-state index < -0.39 is 21.1 Å². The standard InChI is InChI=1S/C8H15BrO4S/c1-3-13-8(10)7(5-4-6-9)14(2,11)12/h7H,3-6H2,1-2H3. The minimum atomic E-state index is -3.35. The number of halogens is 1. The Morgan fingerprint density at radius 2 is 2.07 bits per heavy atom. The Bertz CT molecular complexity index is 273. The zero-order chi connectivity index (χ0) is 11.2. The van der Waals surface area contributed by atoms with E-state index in [1.165, 1.54) is 0 Å². The third-order valence-corrected chi connectivity index (χ3v) is 3.69. The third kappa shape index (κ3) is 4.95. The lowest BCUT2D eigenvalue weighted by Gasteiger charge is -2.12. The molecule has 84 valence electrons. The molecule has 14 heavy (non-hydrogen) atoms. The topological polar surface area (TPSA) is 60.4 Å². The summed E-state index contributed by atoms with van der Waals surface area (Å²) < 4.78 is 27.2. The molecule has 0 fully saturated rings. The van der Waals surface area contributed by atoms with E-state index in [-0.39, 0.29) is 6.61 Å². The van der Waals surface area contributed by atoms with E-state index in [0.717, 1.165) is 6.26 Å². The van der Waals surface area contributed by atoms with Crippen LogP contribution in [0.15, 0.2) is 0 Å². The van der Waals surface area contributed by atoms with Crippen LogP contribution in [0, 0.1) is 0 Å². The Morgan fingerprint density at radius 3 is 2.43 bits per heavy atom. The van der Waals surface area contributed by atoms with Crippen LogP contribution in [-0.2, 0) is 19.4 Å². The van der Waals surface area contributed by atoms with Gasteiger partial charge in [-0.2, -0.15) is 0 Å². The maximum absolute atomic E-state index is 11.3. The average molecular weight is 287 g/mol. The molecule has 0 aromatic rings. The van der Waals surface area contributed by atoms with Gasteiger partial charge in [0.25, 0.3) is 0 Å². The number of alkyl halides is 1. The van der Waals surface area contributed by atoms with Crippen molar-refractivity contribution in [2.24, 2.45) is 0 Å². The van der Waals surface area contributed by atoms with E-state index in [9.17, 15) is 13.2 Å². The molecule has 0 amide bonds. The summed E-state index contributed by atoms with van der Waals surface area (Å²) in [5, 5.41) is -0.335. The van der Waals surface area contributed by atoms with Crippen LogP contribution in [0.2, 0.25) is 0 Å². The Hall–Kier alpha value is -0.100. The molecule has 0 heterocycles. The van der Waals surface area contributed by atoms with Crippen molar-refractivity contribution in [1.82, 2.24) is 0 Å². The zero-order valence-corrected chi connectivity index (χ0v) is 10.7. The van der Waals surface area contributed by atoms with Crippen LogP contribution in [0.1, 0.15) is 19.8 Å². The number of carbonyl (C=O) groups excluding carboxylic acids is 1. The van der Waals surface area contributed by atoms with Crippen LogP contribution in [0.25, 0.3) is 0 Å². The van der Waals surface area contributed by atoms with Gasteiger partial charge in [0, 0.05) is 11.6 Å². The SMILES string of the molecule is CCOC(=O)C(CCCBr)S(C)(=O)=O. The summed E-state index contributed by atoms with van der Waals surface area (Å²) in [5.74, 6) is -0.643. The number of ether oxygens (including phenoxy) is 1. The van der Waals surface area contributed by atoms with Gasteiger partial charge in [-0.1, -0.05) is 15.9 Å². The summed E-state index contributed by atoms with van der Waals surface area (Å²) >= 11 is 3.19. The first-order chi connectivity index (χ1) is 6.43. The summed E-state index contributed by atoms with van der Waals surface area (Å²) in [6.45, 7) is 1.86. The van der Waals surface area contributed by atoms with Crippen molar-refractivity contribution in [3.8, 4) is 0 Å². The molecule has 0 aromatic carbocycles. The van der Waals surface area contributed by atoms with Crippen LogP contribution in [0.5, 0.6) is 0 Å². The fraction of sp³-hybridized carbons (Fsp3) is 0.875. The normalized spacial score (nSPS) is 13.6. The molecule has 0 saturated heterocycles. The van der Waals surface area contributed by atoms with E-state index >= 15 is 0 Å². The van der Waals surface area contributed by atoms with Gasteiger partial charge in [0.15, 0.2) is 15.1 Å². The largest absolute Gasteiger partial charge is 0.465 e. The molecule has 0 aliphatic carbocycles. The summed E-state index contributed by atoms with van der Waals surface area (Å²) in [6.07, 6.45) is 2.00. The molecule has 0 bridgehead atoms. The monoisotopic (exact) mass is 286 g/mol. The lowest BCUT2D eigenvalue weighted by molar-refractivity contribution is -0.142. The minimum absolute atomic E-state index is 0.208. The molecule has 0 rings (SSSR count). The van der Waals surface area contributed by atoms with Gasteiger partial charge in [-0.15, -0.1) is 0 Å². The molecular formula is C8H15BrO4S. The van der Waals surface area contributed by atoms with Crippen LogP contribution in [0.4, 0.5) is 0 Å². The van der Waals surface area contributed by atoms with E-state index in [2.05, 4.69) is 15.9 Å². The zero-order valence-electron chi connectivity index (χ0n) is 8.32. The fourth-order valence-electron chi connectivity index (χ4n) is 1.00. The quantitative estimate of drug-likeness (QED) is 0.543. The number of hydrogen-bond acceptors (Lipinski definition) is 4. The Balaban J connectivity index is 4.48. The van der Waals surface area contributed by atoms with Crippen LogP contribution in [-0.4, -0.2) is 37.8 Å². The second kappa shape index (κ2) is 6.40. The maximum Gasteiger partial charge on any atom is 0.324 e. The predicted molar refractivity (Wildman–Crippen MR) is 58.3 cm³/mol. The summed E-state index contributed by atoms with van der Waals surface area (Å²) in [5.41, 5.74) is 0. The van der Waals surface area contributed by atoms with Crippen molar-refractivity contribution >= 4 is 31.7 Å². The van der Waals surface area contributed by atoms with Crippen molar-refractivity contribution in [3.63, 3.8) is 0 Å². The molecule has 0 aromatic heterocycles. The van der Waals surface area contributed by atoms with Gasteiger partial charge in [-0.3, -0.25) is 4.79 Å². The van der Waals surface area contributed by atoms with E-state index in [0.29, 0.717) is 18.2 Å². The molecule has 0 aliphatic heterocycles. The van der Waals surface area contributed by atoms with Gasteiger partial charge in [0.05, 0.1) is 6.61 Å². The average Bonchev–Trinajstić information content (AvgIpc) is 2.03. The molecule has 0 radical (unpaired) electrons. The smallest absolute Gasteiger partial charge is 0.324 e. The second-order valence-electron chi connectivity index (χ2n) is 2.90. The van der Waals surface area contributed by atoms with Crippen molar-refractivity contribution in [2.75, 3.05) is 18.2 Å². The highest BCUT2D eigenvalue weighted by Gasteiger charge is 2.29. The highest BCUT2D eigenvalue weighted by atomic mass is 79.9. The van der Waals surface area contributed by atoms with Gasteiger partial charge in [0.1, 0.15) is 0 Å². The van der Waals surface area contributed by atoms with Gasteiger partial charge in [-0.25, -0.2) is 8.42 Å². The Morgan fingerprint density at radius 1 is 1.50 bits per heavy atom. The van der Waals surface area contributed by atoms with Crippen LogP contribution >= 0.6 is 15.9 Å². The molecule has 0 saturated carbocycles. The number of carbonyl (C=O) groups is 1. The molecule has 4 nitrogen and oxygen atoms in total. The highest BCUT2D eigenvalue weighted by molar-refractivity contribution is 9.09. The van der Waals surface area contributed by atoms with E-state index in [1.54, 1.807) is 6.92 Å². The lowest BCUT2D eigenvalue weighted by atomic mass is 10.2. The minimum Gasteiger partial charge on any atom is -0.465 e. The van der Waals surface area contributed by atoms with Crippen LogP contribution in [0.3, 0.4) is 0 Å². The fourth-order valence-corrected chi connectivity index (χ4v) is 2.34. The van der Waals surface area contributed by atoms with Gasteiger partial charge in [0.2, 0.25) is 0 Å². The first-order valence-electron chi connectivity index (χ1n) is 4.35. The Kier molecular flexibility index (Phi) is 6.35. The van der Waals surface area contributed by atoms with Crippen molar-refractivity contribution in [1.29, 1.82) is 0 Å². The molecular weight excluding hydrogens is 272 g/mol.